The number of carbonyl (C=O) groups is 1. The van der Waals surface area contributed by atoms with Crippen LogP contribution in [0.5, 0.6) is 0 Å². The van der Waals surface area contributed by atoms with Crippen molar-refractivity contribution < 1.29 is 9.18 Å². The monoisotopic (exact) mass is 319 g/mol. The number of aryl methyl sites for hydroxylation is 1. The predicted octanol–water partition coefficient (Wildman–Crippen LogP) is 0.0703. The average molecular weight is 319 g/mol. The SMILES string of the molecule is C/C(=N/NC(=O)CCc1n[nH]c(=O)[nH]c1=O)c1ccc(F)cc1. The van der Waals surface area contributed by atoms with Crippen molar-refractivity contribution in [2.45, 2.75) is 19.8 Å². The van der Waals surface area contributed by atoms with Crippen molar-refractivity contribution in [2.75, 3.05) is 0 Å². The number of nitrogens with one attached hydrogen (secondary N) is 3. The Labute approximate surface area is 129 Å². The maximum Gasteiger partial charge on any atom is 0.342 e. The third kappa shape index (κ3) is 4.70. The summed E-state index contributed by atoms with van der Waals surface area (Å²) in [5.41, 5.74) is 2.24. The van der Waals surface area contributed by atoms with Gasteiger partial charge in [0.2, 0.25) is 5.91 Å². The molecule has 23 heavy (non-hydrogen) atoms. The Balaban J connectivity index is 1.91. The van der Waals surface area contributed by atoms with Crippen LogP contribution in [0.2, 0.25) is 0 Å². The number of amides is 1. The standard InChI is InChI=1S/C14H14FN5O3/c1-8(9-2-4-10(15)5-3-9)17-19-12(21)7-6-11-13(22)16-14(23)20-18-11/h2-5H,6-7H2,1H3,(H,19,21)(H2,16,20,22,23)/b17-8-. The molecule has 9 heteroatoms. The van der Waals surface area contributed by atoms with Crippen LogP contribution in [0, 0.1) is 5.82 Å². The molecular formula is C14H14FN5O3. The molecule has 0 saturated carbocycles. The average Bonchev–Trinajstić information content (AvgIpc) is 2.52. The van der Waals surface area contributed by atoms with Crippen LogP contribution < -0.4 is 16.7 Å². The number of aromatic amines is 2. The van der Waals surface area contributed by atoms with Crippen molar-refractivity contribution in [2.24, 2.45) is 5.10 Å². The zero-order chi connectivity index (χ0) is 16.8. The minimum Gasteiger partial charge on any atom is -0.273 e. The lowest BCUT2D eigenvalue weighted by molar-refractivity contribution is -0.121. The Morgan fingerprint density at radius 1 is 1.30 bits per heavy atom. The molecule has 1 amide bonds. The molecule has 0 atom stereocenters. The molecule has 0 spiro atoms. The number of rotatable bonds is 5. The largest absolute Gasteiger partial charge is 0.342 e. The van der Waals surface area contributed by atoms with Gasteiger partial charge in [0, 0.05) is 12.8 Å². The normalized spacial score (nSPS) is 11.3. The van der Waals surface area contributed by atoms with Gasteiger partial charge in [-0.05, 0) is 24.6 Å². The molecule has 0 aliphatic heterocycles. The Bertz CT molecular complexity index is 838. The first-order valence-electron chi connectivity index (χ1n) is 6.72. The number of carbonyl (C=O) groups excluding carboxylic acids is 1. The second-order valence-corrected chi connectivity index (χ2v) is 4.69. The molecule has 0 aliphatic rings. The van der Waals surface area contributed by atoms with E-state index in [1.165, 1.54) is 12.1 Å². The first-order chi connectivity index (χ1) is 11.0. The topological polar surface area (TPSA) is 120 Å². The third-order valence-electron chi connectivity index (χ3n) is 2.98. The molecule has 0 saturated heterocycles. The van der Waals surface area contributed by atoms with Gasteiger partial charge in [0.25, 0.3) is 5.56 Å². The van der Waals surface area contributed by atoms with E-state index in [1.807, 2.05) is 4.98 Å². The Morgan fingerprint density at radius 2 is 2.00 bits per heavy atom. The molecule has 0 bridgehead atoms. The van der Waals surface area contributed by atoms with Crippen LogP contribution in [0.1, 0.15) is 24.6 Å². The third-order valence-corrected chi connectivity index (χ3v) is 2.98. The fourth-order valence-electron chi connectivity index (χ4n) is 1.73. The molecule has 8 nitrogen and oxygen atoms in total. The van der Waals surface area contributed by atoms with Gasteiger partial charge in [-0.3, -0.25) is 14.6 Å². The summed E-state index contributed by atoms with van der Waals surface area (Å²) < 4.78 is 12.8. The molecule has 0 unspecified atom stereocenters. The number of aromatic nitrogens is 3. The number of hydrogen-bond acceptors (Lipinski definition) is 5. The minimum atomic E-state index is -0.706. The van der Waals surface area contributed by atoms with Gasteiger partial charge in [-0.25, -0.2) is 19.7 Å². The lowest BCUT2D eigenvalue weighted by atomic mass is 10.1. The first-order valence-corrected chi connectivity index (χ1v) is 6.72. The maximum absolute atomic E-state index is 12.8. The second kappa shape index (κ2) is 7.25. The molecule has 1 aromatic carbocycles. The molecule has 1 heterocycles. The summed E-state index contributed by atoms with van der Waals surface area (Å²) in [5.74, 6) is -0.775. The quantitative estimate of drug-likeness (QED) is 0.533. The van der Waals surface area contributed by atoms with Gasteiger partial charge >= 0.3 is 5.69 Å². The van der Waals surface area contributed by atoms with Crippen LogP contribution in [0.3, 0.4) is 0 Å². The van der Waals surface area contributed by atoms with Crippen molar-refractivity contribution in [1.29, 1.82) is 0 Å². The van der Waals surface area contributed by atoms with E-state index in [2.05, 4.69) is 20.7 Å². The van der Waals surface area contributed by atoms with Gasteiger partial charge in [0.15, 0.2) is 0 Å². The lowest BCUT2D eigenvalue weighted by Gasteiger charge is -2.03. The molecule has 0 aliphatic carbocycles. The zero-order valence-corrected chi connectivity index (χ0v) is 12.2. The summed E-state index contributed by atoms with van der Waals surface area (Å²) in [6.07, 6.45) is 0.0331. The van der Waals surface area contributed by atoms with Crippen molar-refractivity contribution >= 4 is 11.6 Å². The highest BCUT2D eigenvalue weighted by Crippen LogP contribution is 2.03. The maximum atomic E-state index is 12.8. The molecule has 0 fully saturated rings. The number of benzene rings is 1. The number of hydrogen-bond donors (Lipinski definition) is 3. The Hall–Kier alpha value is -3.10. The summed E-state index contributed by atoms with van der Waals surface area (Å²) >= 11 is 0. The second-order valence-electron chi connectivity index (χ2n) is 4.69. The van der Waals surface area contributed by atoms with Crippen LogP contribution in [0.25, 0.3) is 0 Å². The highest BCUT2D eigenvalue weighted by atomic mass is 19.1. The van der Waals surface area contributed by atoms with E-state index < -0.39 is 17.2 Å². The molecule has 1 aromatic heterocycles. The van der Waals surface area contributed by atoms with E-state index in [0.29, 0.717) is 11.3 Å². The zero-order valence-electron chi connectivity index (χ0n) is 12.2. The van der Waals surface area contributed by atoms with E-state index in [1.54, 1.807) is 19.1 Å². The van der Waals surface area contributed by atoms with Gasteiger partial charge in [-0.2, -0.15) is 10.2 Å². The molecule has 2 aromatic rings. The summed E-state index contributed by atoms with van der Waals surface area (Å²) in [4.78, 5) is 35.9. The lowest BCUT2D eigenvalue weighted by Crippen LogP contribution is -2.28. The number of nitrogens with zero attached hydrogens (tertiary/aromatic N) is 2. The van der Waals surface area contributed by atoms with Gasteiger partial charge in [0.05, 0.1) is 5.71 Å². The van der Waals surface area contributed by atoms with Crippen molar-refractivity contribution in [3.05, 3.63) is 62.2 Å². The van der Waals surface area contributed by atoms with Crippen LogP contribution in [0.4, 0.5) is 4.39 Å². The molecular weight excluding hydrogens is 305 g/mol. The Morgan fingerprint density at radius 3 is 2.65 bits per heavy atom. The van der Waals surface area contributed by atoms with Gasteiger partial charge in [0.1, 0.15) is 11.5 Å². The molecule has 2 rings (SSSR count). The highest BCUT2D eigenvalue weighted by molar-refractivity contribution is 5.99. The minimum absolute atomic E-state index is 0.0255. The fourth-order valence-corrected chi connectivity index (χ4v) is 1.73. The fraction of sp³-hybridized carbons (Fsp3) is 0.214. The van der Waals surface area contributed by atoms with E-state index in [-0.39, 0.29) is 24.4 Å². The van der Waals surface area contributed by atoms with Crippen LogP contribution in [-0.2, 0) is 11.2 Å². The molecule has 0 radical (unpaired) electrons. The van der Waals surface area contributed by atoms with Crippen LogP contribution >= 0.6 is 0 Å². The van der Waals surface area contributed by atoms with Gasteiger partial charge in [-0.15, -0.1) is 0 Å². The van der Waals surface area contributed by atoms with Crippen molar-refractivity contribution in [3.63, 3.8) is 0 Å². The summed E-state index contributed by atoms with van der Waals surface area (Å²) in [5, 5.41) is 9.56. The predicted molar refractivity (Wildman–Crippen MR) is 80.6 cm³/mol. The van der Waals surface area contributed by atoms with E-state index >= 15 is 0 Å². The van der Waals surface area contributed by atoms with E-state index in [4.69, 9.17) is 0 Å². The molecule has 3 N–H and O–H groups in total. The summed E-state index contributed by atoms with van der Waals surface area (Å²) in [6.45, 7) is 1.67. The Kier molecular flexibility index (Phi) is 5.13. The number of halogens is 1. The first kappa shape index (κ1) is 16.3. The van der Waals surface area contributed by atoms with Gasteiger partial charge < -0.3 is 0 Å². The van der Waals surface area contributed by atoms with Crippen molar-refractivity contribution in [3.8, 4) is 0 Å². The number of H-pyrrole nitrogens is 2. The van der Waals surface area contributed by atoms with Crippen LogP contribution in [-0.4, -0.2) is 26.8 Å². The van der Waals surface area contributed by atoms with Gasteiger partial charge in [-0.1, -0.05) is 12.1 Å². The van der Waals surface area contributed by atoms with Crippen LogP contribution in [0.15, 0.2) is 39.0 Å². The van der Waals surface area contributed by atoms with Crippen molar-refractivity contribution in [1.82, 2.24) is 20.6 Å². The smallest absolute Gasteiger partial charge is 0.273 e. The summed E-state index contributed by atoms with van der Waals surface area (Å²) in [7, 11) is 0. The molecule has 120 valence electrons. The van der Waals surface area contributed by atoms with E-state index in [9.17, 15) is 18.8 Å². The summed E-state index contributed by atoms with van der Waals surface area (Å²) in [6, 6.07) is 5.68. The van der Waals surface area contributed by atoms with E-state index in [0.717, 1.165) is 0 Å². The number of hydrazone groups is 1. The highest BCUT2D eigenvalue weighted by Gasteiger charge is 2.07.